The second kappa shape index (κ2) is 9.16. The van der Waals surface area contributed by atoms with Crippen LogP contribution < -0.4 is 11.0 Å². The molecule has 1 fully saturated rings. The first kappa shape index (κ1) is 22.5. The number of anilines is 1. The van der Waals surface area contributed by atoms with Crippen molar-refractivity contribution in [3.63, 3.8) is 0 Å². The van der Waals surface area contributed by atoms with E-state index in [1.165, 1.54) is 12.1 Å². The van der Waals surface area contributed by atoms with Crippen LogP contribution in [0.15, 0.2) is 65.5 Å². The monoisotopic (exact) mass is 498 g/mol. The molecule has 1 aromatic heterocycles. The lowest BCUT2D eigenvalue weighted by molar-refractivity contribution is 0.184. The van der Waals surface area contributed by atoms with Gasteiger partial charge in [0.05, 0.1) is 21.1 Å². The molecule has 0 saturated carbocycles. The topological polar surface area (TPSA) is 70.1 Å². The molecule has 1 saturated heterocycles. The van der Waals surface area contributed by atoms with Crippen molar-refractivity contribution < 1.29 is 9.18 Å². The fourth-order valence-electron chi connectivity index (χ4n) is 4.51. The van der Waals surface area contributed by atoms with Crippen LogP contribution in [-0.2, 0) is 0 Å². The van der Waals surface area contributed by atoms with E-state index in [0.717, 1.165) is 11.1 Å². The molecule has 0 aliphatic carbocycles. The van der Waals surface area contributed by atoms with Gasteiger partial charge < -0.3 is 15.2 Å². The average molecular weight is 499 g/mol. The van der Waals surface area contributed by atoms with E-state index in [0.29, 0.717) is 52.7 Å². The molecule has 0 radical (unpaired) electrons. The van der Waals surface area contributed by atoms with Gasteiger partial charge in [-0.25, -0.2) is 14.0 Å². The molecule has 2 heterocycles. The molecule has 0 atom stereocenters. The van der Waals surface area contributed by atoms with E-state index in [1.807, 2.05) is 24.3 Å². The summed E-state index contributed by atoms with van der Waals surface area (Å²) in [7, 11) is 0. The molecule has 5 rings (SSSR count). The quantitative estimate of drug-likeness (QED) is 0.347. The average Bonchev–Trinajstić information content (AvgIpc) is 3.17. The van der Waals surface area contributed by atoms with Crippen LogP contribution in [0.4, 0.5) is 14.9 Å². The number of halogens is 3. The van der Waals surface area contributed by atoms with Crippen LogP contribution in [0.25, 0.3) is 22.2 Å². The number of aromatic nitrogens is 2. The summed E-state index contributed by atoms with van der Waals surface area (Å²) in [6.07, 6.45) is 1.26. The number of carbonyl (C=O) groups excluding carboxylic acids is 1. The number of fused-ring (bicyclic) bond motifs is 1. The van der Waals surface area contributed by atoms with Crippen molar-refractivity contribution in [2.75, 3.05) is 18.4 Å². The molecule has 0 unspecified atom stereocenters. The van der Waals surface area contributed by atoms with Gasteiger partial charge in [-0.2, -0.15) is 0 Å². The van der Waals surface area contributed by atoms with Crippen molar-refractivity contribution in [2.45, 2.75) is 18.9 Å². The lowest BCUT2D eigenvalue weighted by atomic mass is 10.0. The molecule has 1 aliphatic rings. The minimum atomic E-state index is -0.331. The first-order valence-electron chi connectivity index (χ1n) is 10.9. The van der Waals surface area contributed by atoms with Crippen molar-refractivity contribution >= 4 is 46.0 Å². The van der Waals surface area contributed by atoms with E-state index in [-0.39, 0.29) is 23.6 Å². The van der Waals surface area contributed by atoms with Gasteiger partial charge in [-0.15, -0.1) is 0 Å². The van der Waals surface area contributed by atoms with Gasteiger partial charge in [0, 0.05) is 30.4 Å². The number of nitrogens with zero attached hydrogens (tertiary/aromatic N) is 2. The van der Waals surface area contributed by atoms with E-state index in [2.05, 4.69) is 10.3 Å². The predicted molar refractivity (Wildman–Crippen MR) is 133 cm³/mol. The van der Waals surface area contributed by atoms with Crippen LogP contribution in [0.5, 0.6) is 0 Å². The first-order chi connectivity index (χ1) is 16.4. The molecule has 34 heavy (non-hydrogen) atoms. The minimum absolute atomic E-state index is 0.0574. The standard InChI is InChI=1S/C25H21Cl2FN4O2/c26-20-8-7-17(14-21(20)27)29-24(33)31-11-9-18(10-12-31)32-22-6-2-5-19(23(22)30-25(32)34)15-3-1-4-16(28)13-15/h1-8,13-14,18H,9-12H2,(H,29,33)(H,30,34). The summed E-state index contributed by atoms with van der Waals surface area (Å²) in [6, 6.07) is 16.6. The lowest BCUT2D eigenvalue weighted by Gasteiger charge is -2.32. The third-order valence-corrected chi connectivity index (χ3v) is 6.92. The van der Waals surface area contributed by atoms with Crippen LogP contribution in [0.1, 0.15) is 18.9 Å². The fraction of sp³-hybridized carbons (Fsp3) is 0.200. The normalized spacial score (nSPS) is 14.5. The molecule has 0 spiro atoms. The Morgan fingerprint density at radius 2 is 1.76 bits per heavy atom. The lowest BCUT2D eigenvalue weighted by Crippen LogP contribution is -2.42. The number of amides is 2. The molecule has 2 N–H and O–H groups in total. The van der Waals surface area contributed by atoms with Crippen molar-refractivity contribution in [2.24, 2.45) is 0 Å². The summed E-state index contributed by atoms with van der Waals surface area (Å²) >= 11 is 12.0. The number of piperidine rings is 1. The highest BCUT2D eigenvalue weighted by molar-refractivity contribution is 6.42. The van der Waals surface area contributed by atoms with Crippen LogP contribution >= 0.6 is 23.2 Å². The van der Waals surface area contributed by atoms with Gasteiger partial charge in [-0.05, 0) is 54.8 Å². The van der Waals surface area contributed by atoms with E-state index in [9.17, 15) is 14.0 Å². The molecule has 1 aliphatic heterocycles. The zero-order chi connectivity index (χ0) is 23.8. The van der Waals surface area contributed by atoms with Crippen molar-refractivity contribution in [1.29, 1.82) is 0 Å². The number of urea groups is 1. The first-order valence-corrected chi connectivity index (χ1v) is 11.7. The summed E-state index contributed by atoms with van der Waals surface area (Å²) in [4.78, 5) is 30.3. The summed E-state index contributed by atoms with van der Waals surface area (Å²) < 4.78 is 15.5. The van der Waals surface area contributed by atoms with Gasteiger partial charge in [0.2, 0.25) is 0 Å². The van der Waals surface area contributed by atoms with Crippen LogP contribution in [-0.4, -0.2) is 33.6 Å². The maximum atomic E-state index is 13.8. The Morgan fingerprint density at radius 3 is 2.50 bits per heavy atom. The Labute approximate surface area is 204 Å². The van der Waals surface area contributed by atoms with Gasteiger partial charge >= 0.3 is 11.7 Å². The second-order valence-corrected chi connectivity index (χ2v) is 9.10. The fourth-order valence-corrected chi connectivity index (χ4v) is 4.81. The molecule has 0 bridgehead atoms. The molecular formula is C25H21Cl2FN4O2. The molecule has 9 heteroatoms. The highest BCUT2D eigenvalue weighted by atomic mass is 35.5. The number of benzene rings is 3. The number of H-pyrrole nitrogens is 1. The van der Waals surface area contributed by atoms with E-state index >= 15 is 0 Å². The van der Waals surface area contributed by atoms with Crippen LogP contribution in [0, 0.1) is 5.82 Å². The SMILES string of the molecule is O=C(Nc1ccc(Cl)c(Cl)c1)N1CCC(n2c(=O)[nH]c3c(-c4cccc(F)c4)cccc32)CC1. The molecule has 2 amide bonds. The van der Waals surface area contributed by atoms with Gasteiger partial charge in [-0.3, -0.25) is 4.57 Å². The number of rotatable bonds is 3. The third-order valence-electron chi connectivity index (χ3n) is 6.18. The zero-order valence-corrected chi connectivity index (χ0v) is 19.5. The summed E-state index contributed by atoms with van der Waals surface area (Å²) in [5.41, 5.74) is 3.28. The highest BCUT2D eigenvalue weighted by Gasteiger charge is 2.26. The Balaban J connectivity index is 1.34. The van der Waals surface area contributed by atoms with Crippen molar-refractivity contribution in [1.82, 2.24) is 14.5 Å². The zero-order valence-electron chi connectivity index (χ0n) is 18.0. The third kappa shape index (κ3) is 4.29. The maximum absolute atomic E-state index is 13.8. The second-order valence-electron chi connectivity index (χ2n) is 8.29. The van der Waals surface area contributed by atoms with Crippen molar-refractivity contribution in [3.05, 3.63) is 87.0 Å². The molecule has 4 aromatic rings. The van der Waals surface area contributed by atoms with E-state index in [4.69, 9.17) is 23.2 Å². The van der Waals surface area contributed by atoms with Gasteiger partial charge in [0.1, 0.15) is 5.82 Å². The smallest absolute Gasteiger partial charge is 0.324 e. The largest absolute Gasteiger partial charge is 0.326 e. The van der Waals surface area contributed by atoms with Crippen LogP contribution in [0.2, 0.25) is 10.0 Å². The summed E-state index contributed by atoms with van der Waals surface area (Å²) in [5.74, 6) is -0.331. The Kier molecular flexibility index (Phi) is 6.06. The predicted octanol–water partition coefficient (Wildman–Crippen LogP) is 6.31. The number of para-hydroxylation sites is 1. The maximum Gasteiger partial charge on any atom is 0.326 e. The number of imidazole rings is 1. The number of carbonyl (C=O) groups is 1. The van der Waals surface area contributed by atoms with Crippen LogP contribution in [0.3, 0.4) is 0 Å². The number of likely N-dealkylation sites (tertiary alicyclic amines) is 1. The summed E-state index contributed by atoms with van der Waals surface area (Å²) in [5, 5.41) is 3.63. The van der Waals surface area contributed by atoms with Crippen molar-refractivity contribution in [3.8, 4) is 11.1 Å². The van der Waals surface area contributed by atoms with Gasteiger partial charge in [-0.1, -0.05) is 47.5 Å². The Bertz CT molecular complexity index is 1440. The Morgan fingerprint density at radius 1 is 1.00 bits per heavy atom. The highest BCUT2D eigenvalue weighted by Crippen LogP contribution is 2.31. The summed E-state index contributed by atoms with van der Waals surface area (Å²) in [6.45, 7) is 1.00. The minimum Gasteiger partial charge on any atom is -0.324 e. The van der Waals surface area contributed by atoms with E-state index in [1.54, 1.807) is 33.7 Å². The number of aromatic amines is 1. The molecule has 3 aromatic carbocycles. The van der Waals surface area contributed by atoms with Gasteiger partial charge in [0.25, 0.3) is 0 Å². The Hall–Kier alpha value is -3.29. The van der Waals surface area contributed by atoms with E-state index < -0.39 is 0 Å². The molecular weight excluding hydrogens is 478 g/mol. The molecule has 174 valence electrons. The number of nitrogens with one attached hydrogen (secondary N) is 2. The number of hydrogen-bond acceptors (Lipinski definition) is 2. The van der Waals surface area contributed by atoms with Gasteiger partial charge in [0.15, 0.2) is 0 Å². The number of hydrogen-bond donors (Lipinski definition) is 2. The molecule has 6 nitrogen and oxygen atoms in total.